The normalized spacial score (nSPS) is 10.1. The lowest BCUT2D eigenvalue weighted by Crippen LogP contribution is -2.02. The predicted molar refractivity (Wildman–Crippen MR) is 66.3 cm³/mol. The highest BCUT2D eigenvalue weighted by Crippen LogP contribution is 2.12. The molecule has 3 heteroatoms. The number of unbranched alkanes of at least 4 members (excludes halogenated alkanes) is 1. The summed E-state index contributed by atoms with van der Waals surface area (Å²) in [6.07, 6.45) is 2.93. The van der Waals surface area contributed by atoms with Gasteiger partial charge in [-0.3, -0.25) is 4.79 Å². The van der Waals surface area contributed by atoms with Crippen molar-refractivity contribution in [3.8, 4) is 5.75 Å². The van der Waals surface area contributed by atoms with E-state index >= 15 is 0 Å². The second kappa shape index (κ2) is 7.29. The Labute approximate surface area is 102 Å². The fourth-order valence-corrected chi connectivity index (χ4v) is 1.67. The number of alkyl halides is 1. The van der Waals surface area contributed by atoms with E-state index in [1.807, 2.05) is 24.3 Å². The first-order chi connectivity index (χ1) is 7.76. The van der Waals surface area contributed by atoms with Gasteiger partial charge in [-0.25, -0.2) is 0 Å². The Morgan fingerprint density at radius 3 is 2.50 bits per heavy atom. The predicted octanol–water partition coefficient (Wildman–Crippen LogP) is 3.22. The van der Waals surface area contributed by atoms with E-state index in [1.165, 1.54) is 0 Å². The smallest absolute Gasteiger partial charge is 0.137 e. The molecule has 0 unspecified atom stereocenters. The molecule has 0 aliphatic carbocycles. The Hall–Kier alpha value is -1.02. The lowest BCUT2D eigenvalue weighted by molar-refractivity contribution is -0.118. The molecular formula is C13H17ClO2. The van der Waals surface area contributed by atoms with Gasteiger partial charge in [-0.05, 0) is 30.5 Å². The van der Waals surface area contributed by atoms with Gasteiger partial charge in [-0.1, -0.05) is 12.1 Å². The SMILES string of the molecule is COc1ccc(CC(=O)CCCCCl)cc1. The summed E-state index contributed by atoms with van der Waals surface area (Å²) in [5.74, 6) is 1.73. The number of hydrogen-bond donors (Lipinski definition) is 0. The summed E-state index contributed by atoms with van der Waals surface area (Å²) in [4.78, 5) is 11.6. The molecule has 0 fully saturated rings. The second-order valence-corrected chi connectivity index (χ2v) is 4.09. The molecule has 0 spiro atoms. The summed E-state index contributed by atoms with van der Waals surface area (Å²) >= 11 is 5.55. The Balaban J connectivity index is 2.37. The van der Waals surface area contributed by atoms with E-state index in [1.54, 1.807) is 7.11 Å². The van der Waals surface area contributed by atoms with Gasteiger partial charge in [-0.2, -0.15) is 0 Å². The first kappa shape index (κ1) is 13.0. The molecule has 0 aliphatic heterocycles. The molecule has 16 heavy (non-hydrogen) atoms. The van der Waals surface area contributed by atoms with Crippen molar-refractivity contribution in [1.29, 1.82) is 0 Å². The number of carbonyl (C=O) groups excluding carboxylic acids is 1. The minimum atomic E-state index is 0.273. The third-order valence-electron chi connectivity index (χ3n) is 2.40. The summed E-state index contributed by atoms with van der Waals surface area (Å²) in [6, 6.07) is 7.61. The molecule has 0 N–H and O–H groups in total. The van der Waals surface area contributed by atoms with Crippen LogP contribution in [0.5, 0.6) is 5.75 Å². The van der Waals surface area contributed by atoms with Crippen LogP contribution in [0, 0.1) is 0 Å². The number of Topliss-reactive ketones (excluding diaryl/α,β-unsaturated/α-hetero) is 1. The molecule has 1 rings (SSSR count). The van der Waals surface area contributed by atoms with Crippen LogP contribution >= 0.6 is 11.6 Å². The molecule has 0 radical (unpaired) electrons. The number of carbonyl (C=O) groups is 1. The van der Waals surface area contributed by atoms with E-state index in [-0.39, 0.29) is 5.78 Å². The van der Waals surface area contributed by atoms with Crippen LogP contribution < -0.4 is 4.74 Å². The van der Waals surface area contributed by atoms with Crippen molar-refractivity contribution >= 4 is 17.4 Å². The Kier molecular flexibility index (Phi) is 5.94. The van der Waals surface area contributed by atoms with Crippen LogP contribution in [0.15, 0.2) is 24.3 Å². The van der Waals surface area contributed by atoms with Gasteiger partial charge in [0.25, 0.3) is 0 Å². The Morgan fingerprint density at radius 1 is 1.25 bits per heavy atom. The first-order valence-corrected chi connectivity index (χ1v) is 6.00. The molecule has 0 saturated heterocycles. The monoisotopic (exact) mass is 240 g/mol. The largest absolute Gasteiger partial charge is 0.497 e. The highest BCUT2D eigenvalue weighted by atomic mass is 35.5. The quantitative estimate of drug-likeness (QED) is 0.540. The van der Waals surface area contributed by atoms with Crippen LogP contribution in [-0.2, 0) is 11.2 Å². The summed E-state index contributed by atoms with van der Waals surface area (Å²) in [6.45, 7) is 0. The fraction of sp³-hybridized carbons (Fsp3) is 0.462. The van der Waals surface area contributed by atoms with E-state index in [0.29, 0.717) is 18.7 Å². The number of ether oxygens (including phenoxy) is 1. The average Bonchev–Trinajstić information content (AvgIpc) is 2.30. The number of benzene rings is 1. The topological polar surface area (TPSA) is 26.3 Å². The van der Waals surface area contributed by atoms with Crippen LogP contribution in [-0.4, -0.2) is 18.8 Å². The van der Waals surface area contributed by atoms with Crippen LogP contribution in [0.3, 0.4) is 0 Å². The third-order valence-corrected chi connectivity index (χ3v) is 2.67. The summed E-state index contributed by atoms with van der Waals surface area (Å²) in [5.41, 5.74) is 1.04. The first-order valence-electron chi connectivity index (χ1n) is 5.47. The Morgan fingerprint density at radius 2 is 1.94 bits per heavy atom. The summed E-state index contributed by atoms with van der Waals surface area (Å²) < 4.78 is 5.05. The number of hydrogen-bond acceptors (Lipinski definition) is 2. The van der Waals surface area contributed by atoms with Crippen LogP contribution in [0.4, 0.5) is 0 Å². The minimum absolute atomic E-state index is 0.273. The molecule has 88 valence electrons. The zero-order chi connectivity index (χ0) is 11.8. The van der Waals surface area contributed by atoms with Crippen molar-refractivity contribution in [2.24, 2.45) is 0 Å². The minimum Gasteiger partial charge on any atom is -0.497 e. The van der Waals surface area contributed by atoms with Crippen LogP contribution in [0.2, 0.25) is 0 Å². The van der Waals surface area contributed by atoms with Crippen LogP contribution in [0.25, 0.3) is 0 Å². The molecule has 2 nitrogen and oxygen atoms in total. The van der Waals surface area contributed by atoms with E-state index < -0.39 is 0 Å². The lowest BCUT2D eigenvalue weighted by Gasteiger charge is -2.03. The summed E-state index contributed by atoms with van der Waals surface area (Å²) in [5, 5.41) is 0. The van der Waals surface area contributed by atoms with Crippen molar-refractivity contribution in [3.05, 3.63) is 29.8 Å². The van der Waals surface area contributed by atoms with Gasteiger partial charge >= 0.3 is 0 Å². The number of halogens is 1. The van der Waals surface area contributed by atoms with Crippen molar-refractivity contribution in [2.75, 3.05) is 13.0 Å². The van der Waals surface area contributed by atoms with Crippen molar-refractivity contribution in [3.63, 3.8) is 0 Å². The maximum Gasteiger partial charge on any atom is 0.137 e. The number of ketones is 1. The molecular weight excluding hydrogens is 224 g/mol. The summed E-state index contributed by atoms with van der Waals surface area (Å²) in [7, 11) is 1.63. The molecule has 0 atom stereocenters. The van der Waals surface area contributed by atoms with Gasteiger partial charge in [0.05, 0.1) is 7.11 Å². The molecule has 0 heterocycles. The molecule has 0 amide bonds. The van der Waals surface area contributed by atoms with E-state index in [0.717, 1.165) is 24.2 Å². The molecule has 1 aromatic rings. The van der Waals surface area contributed by atoms with Crippen molar-refractivity contribution < 1.29 is 9.53 Å². The molecule has 0 bridgehead atoms. The zero-order valence-corrected chi connectivity index (χ0v) is 10.3. The molecule has 0 aliphatic rings. The van der Waals surface area contributed by atoms with Crippen molar-refractivity contribution in [2.45, 2.75) is 25.7 Å². The van der Waals surface area contributed by atoms with Gasteiger partial charge in [0.1, 0.15) is 11.5 Å². The Bertz CT molecular complexity index is 319. The lowest BCUT2D eigenvalue weighted by atomic mass is 10.1. The van der Waals surface area contributed by atoms with Gasteiger partial charge in [-0.15, -0.1) is 11.6 Å². The van der Waals surface area contributed by atoms with E-state index in [4.69, 9.17) is 16.3 Å². The van der Waals surface area contributed by atoms with Gasteiger partial charge in [0.2, 0.25) is 0 Å². The highest BCUT2D eigenvalue weighted by Gasteiger charge is 2.03. The number of methoxy groups -OCH3 is 1. The maximum atomic E-state index is 11.6. The van der Waals surface area contributed by atoms with Gasteiger partial charge in [0.15, 0.2) is 0 Å². The van der Waals surface area contributed by atoms with Crippen molar-refractivity contribution in [1.82, 2.24) is 0 Å². The number of rotatable bonds is 7. The average molecular weight is 241 g/mol. The zero-order valence-electron chi connectivity index (χ0n) is 9.54. The van der Waals surface area contributed by atoms with E-state index in [2.05, 4.69) is 0 Å². The third kappa shape index (κ3) is 4.67. The second-order valence-electron chi connectivity index (χ2n) is 3.71. The fourth-order valence-electron chi connectivity index (χ4n) is 1.48. The van der Waals surface area contributed by atoms with E-state index in [9.17, 15) is 4.79 Å². The standard InChI is InChI=1S/C13H17ClO2/c1-16-13-7-5-11(6-8-13)10-12(15)4-2-3-9-14/h5-8H,2-4,9-10H2,1H3. The molecule has 1 aromatic carbocycles. The maximum absolute atomic E-state index is 11.6. The molecule has 0 aromatic heterocycles. The van der Waals surface area contributed by atoms with Crippen LogP contribution in [0.1, 0.15) is 24.8 Å². The highest BCUT2D eigenvalue weighted by molar-refractivity contribution is 6.17. The molecule has 0 saturated carbocycles. The van der Waals surface area contributed by atoms with Gasteiger partial charge in [0, 0.05) is 18.7 Å². The van der Waals surface area contributed by atoms with Gasteiger partial charge < -0.3 is 4.74 Å².